The summed E-state index contributed by atoms with van der Waals surface area (Å²) in [6.45, 7) is 7.04. The van der Waals surface area contributed by atoms with E-state index in [1.54, 1.807) is 12.0 Å². The monoisotopic (exact) mass is 308 g/mol. The van der Waals surface area contributed by atoms with Crippen LogP contribution in [-0.2, 0) is 9.53 Å². The van der Waals surface area contributed by atoms with Crippen LogP contribution in [0.1, 0.15) is 46.5 Å². The molecule has 1 N–H and O–H groups in total. The summed E-state index contributed by atoms with van der Waals surface area (Å²) in [5, 5.41) is 2.34. The molecule has 0 aromatic carbocycles. The van der Waals surface area contributed by atoms with Crippen LogP contribution in [0.25, 0.3) is 0 Å². The van der Waals surface area contributed by atoms with Crippen molar-refractivity contribution < 1.29 is 18.3 Å². The van der Waals surface area contributed by atoms with Crippen molar-refractivity contribution >= 4 is 5.91 Å². The number of amides is 1. The number of halogens is 2. The number of carbonyl (C=O) groups is 1. The normalized spacial score (nSPS) is 21.3. The molecule has 0 bridgehead atoms. The lowest BCUT2D eigenvalue weighted by Crippen LogP contribution is -2.58. The van der Waals surface area contributed by atoms with Crippen LogP contribution in [0, 0.1) is 0 Å². The molecule has 0 radical (unpaired) electrons. The van der Waals surface area contributed by atoms with E-state index >= 15 is 0 Å². The average Bonchev–Trinajstić information content (AvgIpc) is 2.43. The molecule has 126 valence electrons. The highest BCUT2D eigenvalue weighted by Crippen LogP contribution is 2.27. The third-order valence-corrected chi connectivity index (χ3v) is 3.38. The largest absolute Gasteiger partial charge is 0.385 e. The number of hydrogen-bond donors (Lipinski definition) is 1. The van der Waals surface area contributed by atoms with E-state index < -0.39 is 17.9 Å². The molecule has 0 spiro atoms. The first-order chi connectivity index (χ1) is 9.95. The summed E-state index contributed by atoms with van der Waals surface area (Å²) in [6.07, 6.45) is 3.18. The first kappa shape index (κ1) is 20.2. The predicted octanol–water partition coefficient (Wildman–Crippen LogP) is 2.68. The van der Waals surface area contributed by atoms with Gasteiger partial charge in [-0.1, -0.05) is 13.8 Å². The zero-order valence-corrected chi connectivity index (χ0v) is 13.8. The number of likely N-dealkylation sites (tertiary alicyclic amines) is 1. The van der Waals surface area contributed by atoms with Crippen molar-refractivity contribution in [3.05, 3.63) is 0 Å². The maximum absolute atomic E-state index is 13.8. The minimum Gasteiger partial charge on any atom is -0.385 e. The minimum atomic E-state index is -2.84. The fraction of sp³-hybridized carbons (Fsp3) is 0.933. The fourth-order valence-corrected chi connectivity index (χ4v) is 2.38. The van der Waals surface area contributed by atoms with E-state index in [4.69, 9.17) is 4.74 Å². The Labute approximate surface area is 127 Å². The molecule has 1 amide bonds. The molecule has 0 aromatic heterocycles. The Morgan fingerprint density at radius 3 is 2.52 bits per heavy atom. The Morgan fingerprint density at radius 2 is 2.00 bits per heavy atom. The number of alkyl halides is 2. The van der Waals surface area contributed by atoms with Gasteiger partial charge in [-0.15, -0.1) is 0 Å². The number of rotatable bonds is 7. The molecule has 1 unspecified atom stereocenters. The highest BCUT2D eigenvalue weighted by molar-refractivity contribution is 5.73. The number of unbranched alkanes of at least 4 members (excludes halogenated alkanes) is 2. The van der Waals surface area contributed by atoms with Crippen molar-refractivity contribution in [2.24, 2.45) is 0 Å². The van der Waals surface area contributed by atoms with Gasteiger partial charge in [-0.3, -0.25) is 9.69 Å². The van der Waals surface area contributed by atoms with Crippen molar-refractivity contribution in [1.29, 1.82) is 0 Å². The second-order valence-corrected chi connectivity index (χ2v) is 5.13. The van der Waals surface area contributed by atoms with E-state index in [1.807, 2.05) is 13.8 Å². The summed E-state index contributed by atoms with van der Waals surface area (Å²) in [5.41, 5.74) is 0. The van der Waals surface area contributed by atoms with Gasteiger partial charge in [0.15, 0.2) is 0 Å². The van der Waals surface area contributed by atoms with E-state index in [-0.39, 0.29) is 6.54 Å². The second-order valence-electron chi connectivity index (χ2n) is 5.13. The Morgan fingerprint density at radius 1 is 1.33 bits per heavy atom. The minimum absolute atomic E-state index is 0.262. The van der Waals surface area contributed by atoms with Crippen LogP contribution in [-0.4, -0.2) is 56.1 Å². The lowest BCUT2D eigenvalue weighted by atomic mass is 10.0. The molecule has 0 aromatic rings. The van der Waals surface area contributed by atoms with Gasteiger partial charge in [-0.05, 0) is 32.2 Å². The number of nitrogens with zero attached hydrogens (tertiary/aromatic N) is 1. The Hall–Kier alpha value is -0.750. The summed E-state index contributed by atoms with van der Waals surface area (Å²) in [7, 11) is 1.66. The van der Waals surface area contributed by atoms with Crippen molar-refractivity contribution in [1.82, 2.24) is 10.2 Å². The van der Waals surface area contributed by atoms with Crippen LogP contribution in [0.4, 0.5) is 8.78 Å². The molecule has 0 aliphatic carbocycles. The molecule has 4 nitrogen and oxygen atoms in total. The lowest BCUT2D eigenvalue weighted by molar-refractivity contribution is -0.128. The van der Waals surface area contributed by atoms with Gasteiger partial charge in [0.05, 0.1) is 12.6 Å². The smallest absolute Gasteiger partial charge is 0.280 e. The number of nitrogens with one attached hydrogen (secondary N) is 1. The van der Waals surface area contributed by atoms with E-state index in [0.717, 1.165) is 25.9 Å². The molecule has 21 heavy (non-hydrogen) atoms. The summed E-state index contributed by atoms with van der Waals surface area (Å²) in [4.78, 5) is 12.7. The average molecular weight is 308 g/mol. The van der Waals surface area contributed by atoms with Crippen LogP contribution >= 0.6 is 0 Å². The summed E-state index contributed by atoms with van der Waals surface area (Å²) in [5.74, 6) is -3.23. The van der Waals surface area contributed by atoms with Gasteiger partial charge in [0.2, 0.25) is 5.91 Å². The van der Waals surface area contributed by atoms with Crippen LogP contribution in [0.15, 0.2) is 0 Å². The zero-order valence-electron chi connectivity index (χ0n) is 13.8. The topological polar surface area (TPSA) is 41.6 Å². The first-order valence-electron chi connectivity index (χ1n) is 7.82. The third kappa shape index (κ3) is 8.31. The quantitative estimate of drug-likeness (QED) is 0.735. The number of piperidine rings is 1. The van der Waals surface area contributed by atoms with E-state index in [1.165, 1.54) is 6.92 Å². The van der Waals surface area contributed by atoms with Crippen molar-refractivity contribution in [3.63, 3.8) is 0 Å². The molecular weight excluding hydrogens is 278 g/mol. The van der Waals surface area contributed by atoms with Crippen LogP contribution in [0.5, 0.6) is 0 Å². The molecule has 1 fully saturated rings. The van der Waals surface area contributed by atoms with Gasteiger partial charge < -0.3 is 10.1 Å². The Balaban J connectivity index is 0.00000191. The van der Waals surface area contributed by atoms with Gasteiger partial charge >= 0.3 is 0 Å². The Kier molecular flexibility index (Phi) is 10.5. The van der Waals surface area contributed by atoms with Gasteiger partial charge in [0.1, 0.15) is 0 Å². The van der Waals surface area contributed by atoms with Gasteiger partial charge in [0, 0.05) is 27.2 Å². The number of ether oxygens (including phenoxy) is 1. The van der Waals surface area contributed by atoms with E-state index in [2.05, 4.69) is 5.32 Å². The zero-order chi connectivity index (χ0) is 16.3. The molecule has 1 aliphatic rings. The van der Waals surface area contributed by atoms with Gasteiger partial charge in [0.25, 0.3) is 5.92 Å². The lowest BCUT2D eigenvalue weighted by Gasteiger charge is -2.38. The maximum atomic E-state index is 13.8. The molecule has 1 saturated heterocycles. The summed E-state index contributed by atoms with van der Waals surface area (Å²) >= 11 is 0. The number of carbonyl (C=O) groups excluding carboxylic acids is 1. The van der Waals surface area contributed by atoms with E-state index in [9.17, 15) is 13.6 Å². The second kappa shape index (κ2) is 10.9. The van der Waals surface area contributed by atoms with Crippen molar-refractivity contribution in [2.75, 3.05) is 33.4 Å². The molecule has 1 heterocycles. The molecule has 0 saturated carbocycles. The number of hydrogen-bond acceptors (Lipinski definition) is 3. The summed E-state index contributed by atoms with van der Waals surface area (Å²) < 4.78 is 32.6. The molecule has 1 atom stereocenters. The maximum Gasteiger partial charge on any atom is 0.280 e. The Bertz CT molecular complexity index is 289. The van der Waals surface area contributed by atoms with Crippen LogP contribution in [0.2, 0.25) is 0 Å². The highest BCUT2D eigenvalue weighted by Gasteiger charge is 2.44. The van der Waals surface area contributed by atoms with E-state index in [0.29, 0.717) is 19.5 Å². The SMILES string of the molecule is CC.COCCCCCN1CCC(NC(C)=O)C(F)(F)C1. The van der Waals surface area contributed by atoms with Crippen molar-refractivity contribution in [2.45, 2.75) is 58.4 Å². The standard InChI is InChI=1S/C13H24F2N2O2.C2H6/c1-11(18)16-12-6-8-17(10-13(12,14)15)7-4-3-5-9-19-2;1-2/h12H,3-10H2,1-2H3,(H,16,18);1-2H3. The highest BCUT2D eigenvalue weighted by atomic mass is 19.3. The summed E-state index contributed by atoms with van der Waals surface area (Å²) in [6, 6.07) is -1.02. The van der Waals surface area contributed by atoms with Gasteiger partial charge in [-0.2, -0.15) is 0 Å². The molecule has 1 aliphatic heterocycles. The van der Waals surface area contributed by atoms with Gasteiger partial charge in [-0.25, -0.2) is 8.78 Å². The van der Waals surface area contributed by atoms with Crippen molar-refractivity contribution in [3.8, 4) is 0 Å². The fourth-order valence-electron chi connectivity index (χ4n) is 2.38. The third-order valence-electron chi connectivity index (χ3n) is 3.38. The van der Waals surface area contributed by atoms with Crippen LogP contribution in [0.3, 0.4) is 0 Å². The molecular formula is C15H30F2N2O2. The molecule has 1 rings (SSSR count). The molecule has 6 heteroatoms. The first-order valence-corrected chi connectivity index (χ1v) is 7.82. The number of methoxy groups -OCH3 is 1. The predicted molar refractivity (Wildman–Crippen MR) is 80.7 cm³/mol. The van der Waals surface area contributed by atoms with Crippen LogP contribution < -0.4 is 5.32 Å².